The van der Waals surface area contributed by atoms with Crippen LogP contribution in [0.25, 0.3) is 10.9 Å². The summed E-state index contributed by atoms with van der Waals surface area (Å²) in [6, 6.07) is 10.0. The lowest BCUT2D eigenvalue weighted by Gasteiger charge is -1.96. The van der Waals surface area contributed by atoms with Gasteiger partial charge in [0.05, 0.1) is 5.52 Å². The molecule has 1 aromatic carbocycles. The van der Waals surface area contributed by atoms with E-state index in [2.05, 4.69) is 10.2 Å². The summed E-state index contributed by atoms with van der Waals surface area (Å²) >= 11 is 1.61. The Hall–Kier alpha value is -1.09. The second-order valence-electron chi connectivity index (χ2n) is 2.45. The van der Waals surface area contributed by atoms with Crippen LogP contribution in [0.15, 0.2) is 35.4 Å². The zero-order valence-electron chi connectivity index (χ0n) is 6.69. The smallest absolute Gasteiger partial charge is 0.119 e. The topological polar surface area (TPSA) is 25.8 Å². The fourth-order valence-corrected chi connectivity index (χ4v) is 1.43. The van der Waals surface area contributed by atoms with Crippen molar-refractivity contribution < 1.29 is 0 Å². The molecule has 0 radical (unpaired) electrons. The van der Waals surface area contributed by atoms with Gasteiger partial charge in [-0.25, -0.2) is 0 Å². The van der Waals surface area contributed by atoms with Crippen LogP contribution in [-0.2, 0) is 0 Å². The molecular formula is C9H8N2S. The Morgan fingerprint density at radius 3 is 2.83 bits per heavy atom. The van der Waals surface area contributed by atoms with E-state index in [0.717, 1.165) is 15.9 Å². The molecule has 0 aliphatic carbocycles. The number of benzene rings is 1. The first-order chi connectivity index (χ1) is 5.90. The van der Waals surface area contributed by atoms with Gasteiger partial charge in [-0.2, -0.15) is 0 Å². The van der Waals surface area contributed by atoms with Crippen LogP contribution in [0.4, 0.5) is 0 Å². The molecule has 0 saturated heterocycles. The fourth-order valence-electron chi connectivity index (χ4n) is 1.07. The SMILES string of the molecule is CSc1cc2ccccc2nn1. The second-order valence-corrected chi connectivity index (χ2v) is 3.27. The van der Waals surface area contributed by atoms with Gasteiger partial charge >= 0.3 is 0 Å². The molecule has 2 aromatic rings. The van der Waals surface area contributed by atoms with Crippen molar-refractivity contribution in [3.63, 3.8) is 0 Å². The zero-order valence-corrected chi connectivity index (χ0v) is 7.51. The van der Waals surface area contributed by atoms with Gasteiger partial charge in [0, 0.05) is 5.39 Å². The molecule has 2 nitrogen and oxygen atoms in total. The highest BCUT2D eigenvalue weighted by Crippen LogP contribution is 2.16. The highest BCUT2D eigenvalue weighted by Gasteiger charge is 1.95. The van der Waals surface area contributed by atoms with E-state index < -0.39 is 0 Å². The lowest BCUT2D eigenvalue weighted by Crippen LogP contribution is -1.85. The maximum Gasteiger partial charge on any atom is 0.119 e. The summed E-state index contributed by atoms with van der Waals surface area (Å²) in [4.78, 5) is 0. The molecule has 0 atom stereocenters. The summed E-state index contributed by atoms with van der Waals surface area (Å²) in [5, 5.41) is 10.2. The number of rotatable bonds is 1. The minimum absolute atomic E-state index is 0.954. The molecule has 0 fully saturated rings. The van der Waals surface area contributed by atoms with Crippen LogP contribution in [0.3, 0.4) is 0 Å². The van der Waals surface area contributed by atoms with Crippen molar-refractivity contribution in [2.45, 2.75) is 5.03 Å². The van der Waals surface area contributed by atoms with Gasteiger partial charge in [-0.15, -0.1) is 22.0 Å². The average molecular weight is 176 g/mol. The maximum atomic E-state index is 4.08. The number of thioether (sulfide) groups is 1. The summed E-state index contributed by atoms with van der Waals surface area (Å²) < 4.78 is 0. The molecule has 12 heavy (non-hydrogen) atoms. The van der Waals surface area contributed by atoms with Crippen molar-refractivity contribution in [3.8, 4) is 0 Å². The van der Waals surface area contributed by atoms with Gasteiger partial charge in [-0.05, 0) is 18.4 Å². The van der Waals surface area contributed by atoms with Crippen LogP contribution >= 0.6 is 11.8 Å². The summed E-state index contributed by atoms with van der Waals surface area (Å²) in [5.74, 6) is 0. The number of nitrogens with zero attached hydrogens (tertiary/aromatic N) is 2. The largest absolute Gasteiger partial charge is 0.149 e. The zero-order chi connectivity index (χ0) is 8.39. The molecule has 0 unspecified atom stereocenters. The molecular weight excluding hydrogens is 168 g/mol. The quantitative estimate of drug-likeness (QED) is 0.624. The van der Waals surface area contributed by atoms with Gasteiger partial charge in [0.1, 0.15) is 5.03 Å². The predicted octanol–water partition coefficient (Wildman–Crippen LogP) is 2.35. The van der Waals surface area contributed by atoms with Gasteiger partial charge in [0.15, 0.2) is 0 Å². The summed E-state index contributed by atoms with van der Waals surface area (Å²) in [5.41, 5.74) is 0.954. The Labute approximate surface area is 75.0 Å². The van der Waals surface area contributed by atoms with Crippen molar-refractivity contribution in [3.05, 3.63) is 30.3 Å². The monoisotopic (exact) mass is 176 g/mol. The van der Waals surface area contributed by atoms with Gasteiger partial charge < -0.3 is 0 Å². The van der Waals surface area contributed by atoms with Gasteiger partial charge in [-0.3, -0.25) is 0 Å². The van der Waals surface area contributed by atoms with Gasteiger partial charge in [0.25, 0.3) is 0 Å². The summed E-state index contributed by atoms with van der Waals surface area (Å²) in [7, 11) is 0. The van der Waals surface area contributed by atoms with Crippen LogP contribution < -0.4 is 0 Å². The fraction of sp³-hybridized carbons (Fsp3) is 0.111. The second kappa shape index (κ2) is 3.11. The first kappa shape index (κ1) is 7.55. The summed E-state index contributed by atoms with van der Waals surface area (Å²) in [6.07, 6.45) is 2.00. The molecule has 1 aromatic heterocycles. The van der Waals surface area contributed by atoms with Crippen LogP contribution in [0, 0.1) is 0 Å². The third-order valence-corrected chi connectivity index (χ3v) is 2.30. The van der Waals surface area contributed by atoms with Crippen LogP contribution in [-0.4, -0.2) is 16.5 Å². The van der Waals surface area contributed by atoms with Gasteiger partial charge in [-0.1, -0.05) is 18.2 Å². The van der Waals surface area contributed by atoms with E-state index in [9.17, 15) is 0 Å². The number of aromatic nitrogens is 2. The molecule has 0 aliphatic heterocycles. The molecule has 0 N–H and O–H groups in total. The van der Waals surface area contributed by atoms with E-state index in [1.165, 1.54) is 0 Å². The molecule has 60 valence electrons. The Morgan fingerprint density at radius 2 is 2.00 bits per heavy atom. The minimum atomic E-state index is 0.954. The Kier molecular flexibility index (Phi) is 1.96. The highest BCUT2D eigenvalue weighted by atomic mass is 32.2. The predicted molar refractivity (Wildman–Crippen MR) is 51.3 cm³/mol. The minimum Gasteiger partial charge on any atom is -0.149 e. The van der Waals surface area contributed by atoms with Crippen molar-refractivity contribution >= 4 is 22.7 Å². The van der Waals surface area contributed by atoms with E-state index in [4.69, 9.17) is 0 Å². The van der Waals surface area contributed by atoms with Crippen LogP contribution in [0.1, 0.15) is 0 Å². The lowest BCUT2D eigenvalue weighted by molar-refractivity contribution is 0.967. The van der Waals surface area contributed by atoms with E-state index >= 15 is 0 Å². The molecule has 1 heterocycles. The standard InChI is InChI=1S/C9H8N2S/c1-12-9-6-7-4-2-3-5-8(7)10-11-9/h2-6H,1H3. The molecule has 0 spiro atoms. The first-order valence-electron chi connectivity index (χ1n) is 3.66. The maximum absolute atomic E-state index is 4.08. The van der Waals surface area contributed by atoms with Crippen LogP contribution in [0.2, 0.25) is 0 Å². The van der Waals surface area contributed by atoms with Crippen molar-refractivity contribution in [1.29, 1.82) is 0 Å². The molecule has 0 saturated carbocycles. The Balaban J connectivity index is 2.67. The number of hydrogen-bond acceptors (Lipinski definition) is 3. The molecule has 2 rings (SSSR count). The molecule has 0 bridgehead atoms. The van der Waals surface area contributed by atoms with Crippen molar-refractivity contribution in [1.82, 2.24) is 10.2 Å². The van der Waals surface area contributed by atoms with Crippen molar-refractivity contribution in [2.75, 3.05) is 6.26 Å². The van der Waals surface area contributed by atoms with E-state index in [1.807, 2.05) is 36.6 Å². The van der Waals surface area contributed by atoms with Crippen molar-refractivity contribution in [2.24, 2.45) is 0 Å². The van der Waals surface area contributed by atoms with E-state index in [-0.39, 0.29) is 0 Å². The molecule has 3 heteroatoms. The highest BCUT2D eigenvalue weighted by molar-refractivity contribution is 7.98. The normalized spacial score (nSPS) is 10.4. The van der Waals surface area contributed by atoms with Gasteiger partial charge in [0.2, 0.25) is 0 Å². The first-order valence-corrected chi connectivity index (χ1v) is 4.89. The Bertz CT molecular complexity index is 400. The lowest BCUT2D eigenvalue weighted by atomic mass is 10.2. The number of fused-ring (bicyclic) bond motifs is 1. The van der Waals surface area contributed by atoms with E-state index in [1.54, 1.807) is 11.8 Å². The average Bonchev–Trinajstić information content (AvgIpc) is 2.17. The third-order valence-electron chi connectivity index (χ3n) is 1.68. The number of hydrogen-bond donors (Lipinski definition) is 0. The third kappa shape index (κ3) is 1.28. The van der Waals surface area contributed by atoms with E-state index in [0.29, 0.717) is 0 Å². The molecule has 0 aliphatic rings. The Morgan fingerprint density at radius 1 is 1.17 bits per heavy atom. The van der Waals surface area contributed by atoms with Crippen LogP contribution in [0.5, 0.6) is 0 Å². The molecule has 0 amide bonds. The summed E-state index contributed by atoms with van der Waals surface area (Å²) in [6.45, 7) is 0.